The lowest BCUT2D eigenvalue weighted by Gasteiger charge is -2.32. The van der Waals surface area contributed by atoms with Gasteiger partial charge in [0, 0.05) is 36.3 Å². The van der Waals surface area contributed by atoms with Crippen molar-refractivity contribution in [3.8, 4) is 0 Å². The first kappa shape index (κ1) is 16.5. The largest absolute Gasteiger partial charge is 0.353 e. The number of carbonyl (C=O) groups is 1. The van der Waals surface area contributed by atoms with Gasteiger partial charge in [-0.15, -0.1) is 0 Å². The number of rotatable bonds is 3. The summed E-state index contributed by atoms with van der Waals surface area (Å²) in [6.45, 7) is 0.650. The van der Waals surface area contributed by atoms with Gasteiger partial charge < -0.3 is 9.88 Å². The molecule has 2 aliphatic rings. The number of hydrogen-bond donors (Lipinski definition) is 1. The van der Waals surface area contributed by atoms with Crippen LogP contribution in [0.5, 0.6) is 0 Å². The number of fused-ring (bicyclic) bond motifs is 2. The molecule has 27 heavy (non-hydrogen) atoms. The van der Waals surface area contributed by atoms with E-state index in [9.17, 15) is 4.79 Å². The molecule has 7 nitrogen and oxygen atoms in total. The number of pyridine rings is 1. The van der Waals surface area contributed by atoms with Crippen molar-refractivity contribution in [2.24, 2.45) is 5.92 Å². The fourth-order valence-corrected chi connectivity index (χ4v) is 4.55. The van der Waals surface area contributed by atoms with Crippen LogP contribution in [0, 0.1) is 5.92 Å². The summed E-state index contributed by atoms with van der Waals surface area (Å²) >= 11 is 0. The van der Waals surface area contributed by atoms with E-state index >= 15 is 0 Å². The third-order valence-electron chi connectivity index (χ3n) is 6.09. The van der Waals surface area contributed by atoms with Crippen molar-refractivity contribution >= 4 is 16.9 Å². The normalized spacial score (nSPS) is 25.3. The van der Waals surface area contributed by atoms with Gasteiger partial charge >= 0.3 is 0 Å². The molecule has 0 spiro atoms. The first-order valence-electron chi connectivity index (χ1n) is 9.86. The molecule has 3 aromatic rings. The third-order valence-corrected chi connectivity index (χ3v) is 6.09. The van der Waals surface area contributed by atoms with Crippen molar-refractivity contribution in [3.63, 3.8) is 0 Å². The van der Waals surface area contributed by atoms with E-state index in [0.717, 1.165) is 50.0 Å². The molecule has 3 aromatic heterocycles. The van der Waals surface area contributed by atoms with E-state index in [0.29, 0.717) is 12.6 Å². The van der Waals surface area contributed by atoms with Gasteiger partial charge in [-0.1, -0.05) is 0 Å². The van der Waals surface area contributed by atoms with Gasteiger partial charge in [0.15, 0.2) is 0 Å². The lowest BCUT2D eigenvalue weighted by molar-refractivity contribution is -0.127. The second-order valence-electron chi connectivity index (χ2n) is 7.75. The Kier molecular flexibility index (Phi) is 4.14. The molecule has 0 saturated heterocycles. The van der Waals surface area contributed by atoms with E-state index < -0.39 is 0 Å². The Morgan fingerprint density at radius 3 is 2.89 bits per heavy atom. The zero-order chi connectivity index (χ0) is 18.2. The lowest BCUT2D eigenvalue weighted by Crippen LogP contribution is -2.43. The fourth-order valence-electron chi connectivity index (χ4n) is 4.55. The second-order valence-corrected chi connectivity index (χ2v) is 7.75. The van der Waals surface area contributed by atoms with E-state index in [1.54, 1.807) is 6.33 Å². The van der Waals surface area contributed by atoms with Gasteiger partial charge in [0.25, 0.3) is 0 Å². The quantitative estimate of drug-likeness (QED) is 0.774. The molecular weight excluding hydrogens is 340 g/mol. The number of aryl methyl sites for hydroxylation is 1. The van der Waals surface area contributed by atoms with Crippen molar-refractivity contribution in [3.05, 3.63) is 42.7 Å². The van der Waals surface area contributed by atoms with Crippen LogP contribution in [0.15, 0.2) is 36.9 Å². The van der Waals surface area contributed by atoms with Crippen molar-refractivity contribution in [2.75, 3.05) is 0 Å². The third kappa shape index (κ3) is 3.11. The monoisotopic (exact) mass is 364 g/mol. The Morgan fingerprint density at radius 1 is 1.11 bits per heavy atom. The molecule has 4 heterocycles. The Morgan fingerprint density at radius 2 is 2.00 bits per heavy atom. The van der Waals surface area contributed by atoms with Crippen LogP contribution in [0.25, 0.3) is 11.0 Å². The maximum absolute atomic E-state index is 12.7. The zero-order valence-electron chi connectivity index (χ0n) is 15.3. The number of nitrogens with zero attached hydrogens (tertiary/aromatic N) is 5. The van der Waals surface area contributed by atoms with Crippen LogP contribution in [0.1, 0.15) is 44.0 Å². The number of hydrogen-bond acceptors (Lipinski definition) is 4. The molecule has 0 radical (unpaired) electrons. The van der Waals surface area contributed by atoms with Crippen molar-refractivity contribution in [1.29, 1.82) is 0 Å². The molecule has 0 aromatic carbocycles. The molecule has 1 N–H and O–H groups in total. The van der Waals surface area contributed by atoms with Crippen LogP contribution >= 0.6 is 0 Å². The van der Waals surface area contributed by atoms with Gasteiger partial charge in [-0.25, -0.2) is 14.6 Å². The standard InChI is InChI=1S/C20H24N6O/c27-20(15-3-8-18-22-13-23-26(18)12-15)24-16-4-6-17(7-5-16)25-11-9-14-2-1-10-21-19(14)25/h1-2,9-11,13,15-17H,3-8,12H2,(H,24,27). The van der Waals surface area contributed by atoms with E-state index in [1.807, 2.05) is 16.9 Å². The summed E-state index contributed by atoms with van der Waals surface area (Å²) in [5.41, 5.74) is 1.07. The first-order valence-corrected chi connectivity index (χ1v) is 9.86. The molecule has 0 bridgehead atoms. The van der Waals surface area contributed by atoms with E-state index in [4.69, 9.17) is 0 Å². The van der Waals surface area contributed by atoms with Crippen LogP contribution in [0.4, 0.5) is 0 Å². The van der Waals surface area contributed by atoms with Crippen molar-refractivity contribution in [2.45, 2.75) is 57.2 Å². The summed E-state index contributed by atoms with van der Waals surface area (Å²) in [6.07, 6.45) is 11.5. The first-order chi connectivity index (χ1) is 13.3. The number of amides is 1. The number of aromatic nitrogens is 5. The second kappa shape index (κ2) is 6.79. The minimum absolute atomic E-state index is 0.00881. The van der Waals surface area contributed by atoms with Crippen LogP contribution in [-0.4, -0.2) is 36.3 Å². The fraction of sp³-hybridized carbons (Fsp3) is 0.500. The summed E-state index contributed by atoms with van der Waals surface area (Å²) in [6, 6.07) is 6.97. The molecule has 1 fully saturated rings. The maximum Gasteiger partial charge on any atom is 0.225 e. The van der Waals surface area contributed by atoms with Gasteiger partial charge in [0.2, 0.25) is 5.91 Å². The van der Waals surface area contributed by atoms with Crippen LogP contribution in [0.2, 0.25) is 0 Å². The highest BCUT2D eigenvalue weighted by Gasteiger charge is 2.29. The van der Waals surface area contributed by atoms with Crippen LogP contribution in [-0.2, 0) is 17.8 Å². The highest BCUT2D eigenvalue weighted by Crippen LogP contribution is 2.31. The maximum atomic E-state index is 12.7. The van der Waals surface area contributed by atoms with Gasteiger partial charge in [0.05, 0.1) is 12.5 Å². The van der Waals surface area contributed by atoms with Gasteiger partial charge in [-0.3, -0.25) is 4.79 Å². The average molecular weight is 364 g/mol. The van der Waals surface area contributed by atoms with Crippen molar-refractivity contribution in [1.82, 2.24) is 29.6 Å². The van der Waals surface area contributed by atoms with Crippen LogP contribution in [0.3, 0.4) is 0 Å². The summed E-state index contributed by atoms with van der Waals surface area (Å²) in [5, 5.41) is 8.70. The summed E-state index contributed by atoms with van der Waals surface area (Å²) in [5.74, 6) is 1.18. The van der Waals surface area contributed by atoms with Gasteiger partial charge in [-0.05, 0) is 50.3 Å². The molecule has 1 unspecified atom stereocenters. The Bertz CT molecular complexity index is 952. The lowest BCUT2D eigenvalue weighted by atomic mass is 9.90. The predicted octanol–water partition coefficient (Wildman–Crippen LogP) is 2.49. The highest BCUT2D eigenvalue weighted by molar-refractivity contribution is 5.79. The smallest absolute Gasteiger partial charge is 0.225 e. The molecule has 1 saturated carbocycles. The molecule has 1 atom stereocenters. The summed E-state index contributed by atoms with van der Waals surface area (Å²) in [7, 11) is 0. The Balaban J connectivity index is 1.18. The summed E-state index contributed by atoms with van der Waals surface area (Å²) < 4.78 is 4.18. The number of carbonyl (C=O) groups excluding carboxylic acids is 1. The zero-order valence-corrected chi connectivity index (χ0v) is 15.3. The summed E-state index contributed by atoms with van der Waals surface area (Å²) in [4.78, 5) is 21.5. The van der Waals surface area contributed by atoms with Gasteiger partial charge in [-0.2, -0.15) is 5.10 Å². The molecular formula is C20H24N6O. The highest BCUT2D eigenvalue weighted by atomic mass is 16.2. The van der Waals surface area contributed by atoms with E-state index in [2.05, 4.69) is 43.3 Å². The minimum atomic E-state index is 0.00881. The SMILES string of the molecule is O=C(NC1CCC(n2ccc3cccnc32)CC1)C1CCc2ncnn2C1. The van der Waals surface area contributed by atoms with Gasteiger partial charge in [0.1, 0.15) is 17.8 Å². The molecule has 1 aliphatic heterocycles. The minimum Gasteiger partial charge on any atom is -0.353 e. The van der Waals surface area contributed by atoms with Crippen molar-refractivity contribution < 1.29 is 4.79 Å². The molecule has 1 amide bonds. The average Bonchev–Trinajstić information content (AvgIpc) is 3.35. The predicted molar refractivity (Wildman–Crippen MR) is 101 cm³/mol. The van der Waals surface area contributed by atoms with Crippen LogP contribution < -0.4 is 5.32 Å². The molecule has 1 aliphatic carbocycles. The Labute approximate surface area is 157 Å². The Hall–Kier alpha value is -2.70. The topological polar surface area (TPSA) is 77.6 Å². The molecule has 7 heteroatoms. The molecule has 140 valence electrons. The number of nitrogens with one attached hydrogen (secondary N) is 1. The van der Waals surface area contributed by atoms with E-state index in [-0.39, 0.29) is 17.9 Å². The van der Waals surface area contributed by atoms with E-state index in [1.165, 1.54) is 5.39 Å². The molecule has 5 rings (SSSR count).